The van der Waals surface area contributed by atoms with Gasteiger partial charge < -0.3 is 45.1 Å². The predicted molar refractivity (Wildman–Crippen MR) is 205 cm³/mol. The first-order valence-electron chi connectivity index (χ1n) is 20.0. The van der Waals surface area contributed by atoms with E-state index in [-0.39, 0.29) is 61.7 Å². The van der Waals surface area contributed by atoms with Gasteiger partial charge in [-0.25, -0.2) is 4.79 Å². The number of fused-ring (bicyclic) bond motifs is 2. The lowest BCUT2D eigenvalue weighted by Gasteiger charge is -2.58. The molecule has 0 aromatic heterocycles. The zero-order valence-electron chi connectivity index (χ0n) is 31.6. The van der Waals surface area contributed by atoms with E-state index in [2.05, 4.69) is 11.4 Å². The average Bonchev–Trinajstić information content (AvgIpc) is 3.58. The Kier molecular flexibility index (Phi) is 13.5. The van der Waals surface area contributed by atoms with Crippen LogP contribution < -0.4 is 10.1 Å². The number of carbonyl (C=O) groups excluding carboxylic acids is 2. The summed E-state index contributed by atoms with van der Waals surface area (Å²) >= 11 is 0. The molecule has 2 aromatic carbocycles. The molecule has 0 bridgehead atoms. The molecular weight excluding hydrogens is 688 g/mol. The third-order valence-corrected chi connectivity index (χ3v) is 11.7. The number of phenols is 1. The van der Waals surface area contributed by atoms with Crippen LogP contribution >= 0.6 is 0 Å². The summed E-state index contributed by atoms with van der Waals surface area (Å²) < 4.78 is 6.71. The molecule has 2 fully saturated rings. The first kappa shape index (κ1) is 39.6. The quantitative estimate of drug-likeness (QED) is 0.0994. The lowest BCUT2D eigenvalue weighted by Crippen LogP contribution is -2.69. The van der Waals surface area contributed by atoms with Gasteiger partial charge in [0.25, 0.3) is 0 Å². The van der Waals surface area contributed by atoms with Gasteiger partial charge in [0.15, 0.2) is 0 Å². The van der Waals surface area contributed by atoms with E-state index in [9.17, 15) is 30.0 Å². The normalized spacial score (nSPS) is 26.5. The monoisotopic (exact) mass is 746 g/mol. The topological polar surface area (TPSA) is 164 Å². The summed E-state index contributed by atoms with van der Waals surface area (Å²) in [7, 11) is 0. The van der Waals surface area contributed by atoms with Gasteiger partial charge >= 0.3 is 6.03 Å². The minimum absolute atomic E-state index is 0.00644. The molecule has 12 heteroatoms. The van der Waals surface area contributed by atoms with Crippen LogP contribution in [0.15, 0.2) is 65.3 Å². The molecule has 2 aliphatic carbocycles. The van der Waals surface area contributed by atoms with Crippen molar-refractivity contribution in [3.8, 4) is 11.5 Å². The minimum Gasteiger partial charge on any atom is -0.508 e. The number of rotatable bonds is 18. The largest absolute Gasteiger partial charge is 0.508 e. The van der Waals surface area contributed by atoms with Crippen LogP contribution in [0.5, 0.6) is 11.5 Å². The number of nitrogens with one attached hydrogen (secondary N) is 1. The Morgan fingerprint density at radius 2 is 1.85 bits per heavy atom. The maximum atomic E-state index is 14.2. The summed E-state index contributed by atoms with van der Waals surface area (Å²) in [6.07, 6.45) is 9.54. The second-order valence-corrected chi connectivity index (χ2v) is 15.2. The number of aliphatic hydroxyl groups excluding tert-OH is 2. The number of unbranched alkanes of at least 4 members (excludes halogenated alkanes) is 2. The fraction of sp³-hybridized carbons (Fsp3) is 0.595. The molecule has 6 atom stereocenters. The van der Waals surface area contributed by atoms with Crippen LogP contribution in [0.2, 0.25) is 0 Å². The molecule has 294 valence electrons. The van der Waals surface area contributed by atoms with E-state index in [4.69, 9.17) is 14.7 Å². The second kappa shape index (κ2) is 18.5. The fourth-order valence-electron chi connectivity index (χ4n) is 9.19. The molecule has 1 saturated heterocycles. The number of oxime groups is 1. The lowest BCUT2D eigenvalue weighted by molar-refractivity contribution is -0.228. The number of likely N-dealkylation sites (tertiary alicyclic amines) is 1. The van der Waals surface area contributed by atoms with Crippen molar-refractivity contribution in [1.82, 2.24) is 15.1 Å². The van der Waals surface area contributed by atoms with Gasteiger partial charge in [-0.1, -0.05) is 61.3 Å². The van der Waals surface area contributed by atoms with Crippen LogP contribution in [0, 0.1) is 17.8 Å². The van der Waals surface area contributed by atoms with Crippen molar-refractivity contribution in [1.29, 1.82) is 0 Å². The highest BCUT2D eigenvalue weighted by atomic mass is 16.6. The van der Waals surface area contributed by atoms with Crippen molar-refractivity contribution in [3.05, 3.63) is 71.3 Å². The summed E-state index contributed by atoms with van der Waals surface area (Å²) in [5.74, 6) is -2.03. The van der Waals surface area contributed by atoms with Crippen LogP contribution in [0.1, 0.15) is 94.6 Å². The van der Waals surface area contributed by atoms with Crippen LogP contribution in [0.25, 0.3) is 0 Å². The van der Waals surface area contributed by atoms with E-state index in [0.717, 1.165) is 55.3 Å². The molecule has 0 spiro atoms. The first-order chi connectivity index (χ1) is 26.3. The maximum absolute atomic E-state index is 14.2. The van der Waals surface area contributed by atoms with Crippen molar-refractivity contribution in [2.75, 3.05) is 39.4 Å². The van der Waals surface area contributed by atoms with Gasteiger partial charge in [-0.15, -0.1) is 0 Å². The number of ether oxygens (including phenoxy) is 1. The molecule has 2 aliphatic heterocycles. The fourth-order valence-corrected chi connectivity index (χ4v) is 9.19. The van der Waals surface area contributed by atoms with Crippen LogP contribution in [0.3, 0.4) is 0 Å². The van der Waals surface area contributed by atoms with Crippen molar-refractivity contribution in [3.63, 3.8) is 0 Å². The third kappa shape index (κ3) is 8.71. The van der Waals surface area contributed by atoms with Crippen molar-refractivity contribution >= 4 is 17.6 Å². The molecule has 2 aromatic rings. The third-order valence-electron chi connectivity index (χ3n) is 11.7. The molecule has 6 rings (SSSR count). The van der Waals surface area contributed by atoms with Crippen LogP contribution in [-0.2, 0) is 16.2 Å². The summed E-state index contributed by atoms with van der Waals surface area (Å²) in [6, 6.07) is 13.6. The van der Waals surface area contributed by atoms with Gasteiger partial charge in [-0.05, 0) is 86.1 Å². The first-order valence-corrected chi connectivity index (χ1v) is 20.0. The van der Waals surface area contributed by atoms with E-state index in [0.29, 0.717) is 63.2 Å². The van der Waals surface area contributed by atoms with Gasteiger partial charge in [0.2, 0.25) is 11.7 Å². The number of urea groups is 1. The van der Waals surface area contributed by atoms with Crippen molar-refractivity contribution in [2.45, 2.75) is 102 Å². The van der Waals surface area contributed by atoms with Crippen LogP contribution in [0.4, 0.5) is 4.79 Å². The van der Waals surface area contributed by atoms with Gasteiger partial charge in [-0.3, -0.25) is 4.79 Å². The Balaban J connectivity index is 1.40. The Morgan fingerprint density at radius 1 is 1.07 bits per heavy atom. The summed E-state index contributed by atoms with van der Waals surface area (Å²) in [6.45, 7) is 4.47. The molecule has 4 aliphatic rings. The van der Waals surface area contributed by atoms with Crippen LogP contribution in [-0.4, -0.2) is 99.1 Å². The molecule has 54 heavy (non-hydrogen) atoms. The molecule has 2 heterocycles. The standard InChI is InChI=1S/C42H58N4O8/c1-2-20-46(41(51)43-19-11-22-45-21-10-16-38(45)50)37-27-35(44-53-28-29-12-4-3-5-13-29)33-25-30(14-6-8-23-47)32(15-7-9-24-48)39-34-26-31(49)17-18-36(34)54-42(37,52)40(33)39/h3-5,12-13,17-18,25-26,30,32,37,39-40,47-49,52H,2,6-11,14-16,19-24,27-28H2,1H3,(H,43,51). The van der Waals surface area contributed by atoms with E-state index >= 15 is 0 Å². The lowest BCUT2D eigenvalue weighted by atomic mass is 9.55. The number of aliphatic hydroxyl groups is 3. The number of amides is 3. The number of allylic oxidation sites excluding steroid dienone is 1. The Labute approximate surface area is 318 Å². The van der Waals surface area contributed by atoms with Gasteiger partial charge in [0.1, 0.15) is 24.1 Å². The molecule has 12 nitrogen and oxygen atoms in total. The molecule has 0 radical (unpaired) electrons. The van der Waals surface area contributed by atoms with Crippen molar-refractivity contribution < 1.29 is 39.6 Å². The van der Waals surface area contributed by atoms with E-state index < -0.39 is 17.7 Å². The molecular formula is C42H58N4O8. The SMILES string of the molecule is CCCN(C(=O)NCCCN1CCCC1=O)C1CC(=NOCc2ccccc2)C2=CC(CCCCO)C(CCCCO)C3c4cc(O)ccc4OC1(O)C23. The number of carbonyl (C=O) groups is 2. The molecule has 1 saturated carbocycles. The number of phenolic OH excluding ortho intramolecular Hbond substituents is 1. The zero-order valence-corrected chi connectivity index (χ0v) is 31.6. The summed E-state index contributed by atoms with van der Waals surface area (Å²) in [5, 5.41) is 51.3. The highest BCUT2D eigenvalue weighted by Gasteiger charge is 2.64. The maximum Gasteiger partial charge on any atom is 0.317 e. The highest BCUT2D eigenvalue weighted by molar-refractivity contribution is 6.03. The average molecular weight is 747 g/mol. The molecule has 5 N–H and O–H groups in total. The smallest absolute Gasteiger partial charge is 0.317 e. The Hall–Kier alpha value is -4.13. The van der Waals surface area contributed by atoms with Gasteiger partial charge in [0, 0.05) is 63.7 Å². The van der Waals surface area contributed by atoms with Gasteiger partial charge in [0.05, 0.1) is 11.6 Å². The predicted octanol–water partition coefficient (Wildman–Crippen LogP) is 5.45. The summed E-state index contributed by atoms with van der Waals surface area (Å²) in [5.41, 5.74) is 3.22. The highest BCUT2D eigenvalue weighted by Crippen LogP contribution is 2.60. The number of benzene rings is 2. The Bertz CT molecular complexity index is 1640. The van der Waals surface area contributed by atoms with Crippen molar-refractivity contribution in [2.24, 2.45) is 22.9 Å². The number of nitrogens with zero attached hydrogens (tertiary/aromatic N) is 3. The molecule has 6 unspecified atom stereocenters. The van der Waals surface area contributed by atoms with E-state index in [1.807, 2.05) is 42.2 Å². The summed E-state index contributed by atoms with van der Waals surface area (Å²) in [4.78, 5) is 35.9. The minimum atomic E-state index is -1.85. The second-order valence-electron chi connectivity index (χ2n) is 15.2. The number of aromatic hydroxyl groups is 1. The van der Waals surface area contributed by atoms with E-state index in [1.54, 1.807) is 23.1 Å². The van der Waals surface area contributed by atoms with Gasteiger partial charge in [-0.2, -0.15) is 0 Å². The Morgan fingerprint density at radius 3 is 2.57 bits per heavy atom. The zero-order chi connectivity index (χ0) is 38.1. The van der Waals surface area contributed by atoms with E-state index in [1.165, 1.54) is 0 Å². The number of hydrogen-bond acceptors (Lipinski definition) is 9. The molecule has 3 amide bonds. The number of hydrogen-bond donors (Lipinski definition) is 5.